The number of ether oxygens (including phenoxy) is 3. The van der Waals surface area contributed by atoms with E-state index in [1.165, 1.54) is 19.2 Å². The molecule has 0 aromatic heterocycles. The van der Waals surface area contributed by atoms with E-state index in [0.29, 0.717) is 35.8 Å². The van der Waals surface area contributed by atoms with Crippen LogP contribution in [0.2, 0.25) is 0 Å². The molecule has 0 aliphatic carbocycles. The second-order valence-electron chi connectivity index (χ2n) is 5.48. The topological polar surface area (TPSA) is 94.1 Å². The van der Waals surface area contributed by atoms with E-state index in [-0.39, 0.29) is 18.1 Å². The first-order chi connectivity index (χ1) is 12.5. The number of rotatable bonds is 9. The summed E-state index contributed by atoms with van der Waals surface area (Å²) >= 11 is 0. The summed E-state index contributed by atoms with van der Waals surface area (Å²) in [5, 5.41) is 11.9. The van der Waals surface area contributed by atoms with Crippen LogP contribution in [0, 0.1) is 0 Å². The van der Waals surface area contributed by atoms with Gasteiger partial charge in [-0.3, -0.25) is 4.79 Å². The van der Waals surface area contributed by atoms with Crippen molar-refractivity contribution >= 4 is 17.6 Å². The molecule has 7 nitrogen and oxygen atoms in total. The first kappa shape index (κ1) is 19.4. The van der Waals surface area contributed by atoms with Gasteiger partial charge in [0.15, 0.2) is 0 Å². The molecule has 0 aliphatic rings. The number of carboxylic acid groups (broad SMARTS) is 1. The van der Waals surface area contributed by atoms with Crippen LogP contribution in [0.5, 0.6) is 5.75 Å². The molecule has 1 amide bonds. The molecule has 0 radical (unpaired) electrons. The third-order valence-electron chi connectivity index (χ3n) is 3.48. The molecule has 0 saturated heterocycles. The average Bonchev–Trinajstić information content (AvgIpc) is 2.62. The Morgan fingerprint density at radius 2 is 1.69 bits per heavy atom. The smallest absolute Gasteiger partial charge is 0.335 e. The van der Waals surface area contributed by atoms with Crippen molar-refractivity contribution in [3.63, 3.8) is 0 Å². The maximum absolute atomic E-state index is 12.4. The fourth-order valence-electron chi connectivity index (χ4n) is 2.29. The highest BCUT2D eigenvalue weighted by Crippen LogP contribution is 2.18. The van der Waals surface area contributed by atoms with Crippen molar-refractivity contribution in [3.8, 4) is 5.75 Å². The van der Waals surface area contributed by atoms with Gasteiger partial charge in [-0.1, -0.05) is 0 Å². The van der Waals surface area contributed by atoms with E-state index in [4.69, 9.17) is 14.2 Å². The number of carbonyl (C=O) groups is 2. The molecule has 26 heavy (non-hydrogen) atoms. The average molecular weight is 359 g/mol. The highest BCUT2D eigenvalue weighted by atomic mass is 16.5. The number of aromatic carboxylic acids is 1. The molecule has 2 N–H and O–H groups in total. The number of amides is 1. The van der Waals surface area contributed by atoms with Crippen LogP contribution in [0.25, 0.3) is 0 Å². The van der Waals surface area contributed by atoms with Gasteiger partial charge in [-0.15, -0.1) is 0 Å². The van der Waals surface area contributed by atoms with Gasteiger partial charge in [-0.2, -0.15) is 0 Å². The third-order valence-corrected chi connectivity index (χ3v) is 3.48. The number of hydrogen-bond donors (Lipinski definition) is 2. The summed E-state index contributed by atoms with van der Waals surface area (Å²) in [5.74, 6) is -0.788. The van der Waals surface area contributed by atoms with Gasteiger partial charge in [-0.05, 0) is 48.0 Å². The Bertz CT molecular complexity index is 757. The van der Waals surface area contributed by atoms with Crippen LogP contribution < -0.4 is 10.1 Å². The molecule has 0 unspecified atom stereocenters. The lowest BCUT2D eigenvalue weighted by atomic mass is 10.1. The second kappa shape index (κ2) is 9.55. The van der Waals surface area contributed by atoms with E-state index in [1.807, 2.05) is 0 Å². The van der Waals surface area contributed by atoms with E-state index in [2.05, 4.69) is 5.32 Å². The van der Waals surface area contributed by atoms with Crippen LogP contribution in [0.4, 0.5) is 5.69 Å². The molecular weight excluding hydrogens is 338 g/mol. The Morgan fingerprint density at radius 1 is 0.962 bits per heavy atom. The number of anilines is 1. The molecule has 2 rings (SSSR count). The summed E-state index contributed by atoms with van der Waals surface area (Å²) in [6.07, 6.45) is 0. The molecule has 0 atom stereocenters. The van der Waals surface area contributed by atoms with Crippen LogP contribution in [0.15, 0.2) is 42.5 Å². The van der Waals surface area contributed by atoms with E-state index in [0.717, 1.165) is 0 Å². The largest absolute Gasteiger partial charge is 0.491 e. The molecule has 0 spiro atoms. The van der Waals surface area contributed by atoms with Crippen LogP contribution in [0.3, 0.4) is 0 Å². The minimum Gasteiger partial charge on any atom is -0.491 e. The van der Waals surface area contributed by atoms with Gasteiger partial charge in [-0.25, -0.2) is 4.79 Å². The lowest BCUT2D eigenvalue weighted by Gasteiger charge is -2.10. The summed E-state index contributed by atoms with van der Waals surface area (Å²) in [5.41, 5.74) is 1.56. The van der Waals surface area contributed by atoms with Gasteiger partial charge in [0.2, 0.25) is 0 Å². The van der Waals surface area contributed by atoms with E-state index >= 15 is 0 Å². The first-order valence-corrected chi connectivity index (χ1v) is 7.93. The van der Waals surface area contributed by atoms with Crippen molar-refractivity contribution in [1.82, 2.24) is 0 Å². The molecule has 0 bridgehead atoms. The Kier molecular flexibility index (Phi) is 7.13. The molecule has 0 saturated carbocycles. The highest BCUT2D eigenvalue weighted by molar-refractivity contribution is 6.05. The van der Waals surface area contributed by atoms with Gasteiger partial charge in [0.1, 0.15) is 12.4 Å². The Labute approximate surface area is 151 Å². The zero-order valence-corrected chi connectivity index (χ0v) is 14.7. The van der Waals surface area contributed by atoms with Crippen molar-refractivity contribution in [1.29, 1.82) is 0 Å². The lowest BCUT2D eigenvalue weighted by molar-refractivity contribution is 0.0696. The standard InChI is InChI=1S/C19H21NO6/c1-24-7-8-26-17-5-3-14(4-6-17)18(21)20-16-10-13(12-25-2)9-15(11-16)19(22)23/h3-6,9-11H,7-8,12H2,1-2H3,(H,20,21)(H,22,23). The first-order valence-electron chi connectivity index (χ1n) is 7.93. The third kappa shape index (κ3) is 5.58. The van der Waals surface area contributed by atoms with E-state index in [1.54, 1.807) is 37.4 Å². The molecule has 0 aliphatic heterocycles. The second-order valence-corrected chi connectivity index (χ2v) is 5.48. The number of carboxylic acids is 1. The number of carbonyl (C=O) groups excluding carboxylic acids is 1. The fourth-order valence-corrected chi connectivity index (χ4v) is 2.29. The molecule has 7 heteroatoms. The summed E-state index contributed by atoms with van der Waals surface area (Å²) in [7, 11) is 3.11. The van der Waals surface area contributed by atoms with Crippen molar-refractivity contribution < 1.29 is 28.9 Å². The zero-order chi connectivity index (χ0) is 18.9. The monoisotopic (exact) mass is 359 g/mol. The summed E-state index contributed by atoms with van der Waals surface area (Å²) < 4.78 is 15.4. The SMILES string of the molecule is COCCOc1ccc(C(=O)Nc2cc(COC)cc(C(=O)O)c2)cc1. The number of benzene rings is 2. The number of hydrogen-bond acceptors (Lipinski definition) is 5. The normalized spacial score (nSPS) is 10.4. The maximum Gasteiger partial charge on any atom is 0.335 e. The van der Waals surface area contributed by atoms with Crippen molar-refractivity contribution in [2.45, 2.75) is 6.61 Å². The van der Waals surface area contributed by atoms with Crippen LogP contribution in [-0.2, 0) is 16.1 Å². The Morgan fingerprint density at radius 3 is 2.31 bits per heavy atom. The van der Waals surface area contributed by atoms with Gasteiger partial charge in [0, 0.05) is 25.5 Å². The molecule has 2 aromatic rings. The zero-order valence-electron chi connectivity index (χ0n) is 14.7. The summed E-state index contributed by atoms with van der Waals surface area (Å²) in [6, 6.07) is 11.2. The molecule has 2 aromatic carbocycles. The van der Waals surface area contributed by atoms with Crippen LogP contribution in [0.1, 0.15) is 26.3 Å². The number of nitrogens with one attached hydrogen (secondary N) is 1. The Balaban J connectivity index is 2.10. The lowest BCUT2D eigenvalue weighted by Crippen LogP contribution is -2.13. The summed E-state index contributed by atoms with van der Waals surface area (Å²) in [6.45, 7) is 1.15. The number of methoxy groups -OCH3 is 2. The predicted octanol–water partition coefficient (Wildman–Crippen LogP) is 2.81. The van der Waals surface area contributed by atoms with Gasteiger partial charge >= 0.3 is 5.97 Å². The molecule has 138 valence electrons. The van der Waals surface area contributed by atoms with Gasteiger partial charge < -0.3 is 24.6 Å². The van der Waals surface area contributed by atoms with Crippen LogP contribution in [-0.4, -0.2) is 44.4 Å². The minimum absolute atomic E-state index is 0.0803. The maximum atomic E-state index is 12.4. The Hall–Kier alpha value is -2.90. The minimum atomic E-state index is -1.07. The van der Waals surface area contributed by atoms with E-state index in [9.17, 15) is 14.7 Å². The molecule has 0 fully saturated rings. The summed E-state index contributed by atoms with van der Waals surface area (Å²) in [4.78, 5) is 23.6. The molecule has 0 heterocycles. The van der Waals surface area contributed by atoms with Crippen molar-refractivity contribution in [2.75, 3.05) is 32.8 Å². The van der Waals surface area contributed by atoms with Gasteiger partial charge in [0.25, 0.3) is 5.91 Å². The van der Waals surface area contributed by atoms with E-state index < -0.39 is 5.97 Å². The van der Waals surface area contributed by atoms with Gasteiger partial charge in [0.05, 0.1) is 18.8 Å². The van der Waals surface area contributed by atoms with Crippen molar-refractivity contribution in [3.05, 3.63) is 59.2 Å². The fraction of sp³-hybridized carbons (Fsp3) is 0.263. The van der Waals surface area contributed by atoms with Crippen LogP contribution >= 0.6 is 0 Å². The molecular formula is C19H21NO6. The predicted molar refractivity (Wildman–Crippen MR) is 95.9 cm³/mol. The quantitative estimate of drug-likeness (QED) is 0.669. The highest BCUT2D eigenvalue weighted by Gasteiger charge is 2.11. The van der Waals surface area contributed by atoms with Crippen molar-refractivity contribution in [2.24, 2.45) is 0 Å².